The first kappa shape index (κ1) is 36.1. The lowest BCUT2D eigenvalue weighted by atomic mass is 10.1. The zero-order valence-corrected chi connectivity index (χ0v) is 28.5. The van der Waals surface area contributed by atoms with Crippen LogP contribution < -0.4 is 0 Å². The monoisotopic (exact) mass is 563 g/mol. The minimum Gasteiger partial charge on any atom is -0.118 e. The van der Waals surface area contributed by atoms with E-state index in [0.29, 0.717) is 0 Å². The fourth-order valence-corrected chi connectivity index (χ4v) is 12.1. The van der Waals surface area contributed by atoms with Crippen molar-refractivity contribution in [1.29, 1.82) is 0 Å². The summed E-state index contributed by atoms with van der Waals surface area (Å²) in [6.07, 6.45) is 37.7. The van der Waals surface area contributed by atoms with Crippen LogP contribution in [0.2, 0.25) is 0 Å². The van der Waals surface area contributed by atoms with Gasteiger partial charge in [0.05, 0.1) is 24.6 Å². The van der Waals surface area contributed by atoms with E-state index >= 15 is 0 Å². The first-order valence-electron chi connectivity index (χ1n) is 17.3. The lowest BCUT2D eigenvalue weighted by Crippen LogP contribution is -2.12. The van der Waals surface area contributed by atoms with Crippen molar-refractivity contribution in [1.82, 2.24) is 0 Å². The van der Waals surface area contributed by atoms with E-state index in [2.05, 4.69) is 52.0 Å². The van der Waals surface area contributed by atoms with Gasteiger partial charge < -0.3 is 0 Å². The molecule has 1 atom stereocenters. The third-order valence-electron chi connectivity index (χ3n) is 8.54. The molecule has 0 aliphatic carbocycles. The second-order valence-corrected chi connectivity index (χ2v) is 18.0. The maximum Gasteiger partial charge on any atom is 0.0842 e. The molecule has 222 valence electrons. The van der Waals surface area contributed by atoms with Crippen LogP contribution in [-0.2, 0) is 12.3 Å². The molecule has 0 spiro atoms. The van der Waals surface area contributed by atoms with Crippen molar-refractivity contribution in [3.8, 4) is 0 Å². The molecule has 1 aromatic carbocycles. The summed E-state index contributed by atoms with van der Waals surface area (Å²) < 4.78 is 0. The molecule has 0 amide bonds. The minimum absolute atomic E-state index is 0.928. The Bertz CT molecular complexity index is 567. The summed E-state index contributed by atoms with van der Waals surface area (Å²) in [5.41, 5.74) is 3.25. The molecular weight excluding hydrogens is 494 g/mol. The van der Waals surface area contributed by atoms with Crippen molar-refractivity contribution in [2.24, 2.45) is 0 Å². The van der Waals surface area contributed by atoms with E-state index < -0.39 is 7.26 Å². The van der Waals surface area contributed by atoms with Gasteiger partial charge in [-0.2, -0.15) is 0 Å². The Balaban J connectivity index is 2.84. The van der Waals surface area contributed by atoms with E-state index in [9.17, 15) is 0 Å². The predicted molar refractivity (Wildman–Crippen MR) is 184 cm³/mol. The van der Waals surface area contributed by atoms with Crippen molar-refractivity contribution < 1.29 is 0 Å². The molecule has 0 aromatic heterocycles. The Morgan fingerprint density at radius 1 is 0.447 bits per heavy atom. The van der Waals surface area contributed by atoms with Crippen LogP contribution in [0, 0.1) is 0 Å². The van der Waals surface area contributed by atoms with E-state index in [1.54, 1.807) is 29.6 Å². The highest BCUT2D eigenvalue weighted by atomic mass is 31.2. The molecule has 0 radical (unpaired) electrons. The van der Waals surface area contributed by atoms with Gasteiger partial charge in [-0.3, -0.25) is 0 Å². The molecule has 0 fully saturated rings. The average molecular weight is 564 g/mol. The van der Waals surface area contributed by atoms with Crippen molar-refractivity contribution >= 4 is 15.8 Å². The first-order chi connectivity index (χ1) is 18.7. The maximum atomic E-state index is 2.54. The summed E-state index contributed by atoms with van der Waals surface area (Å²) in [6, 6.07) is 10.1. The maximum absolute atomic E-state index is 2.54. The number of benzene rings is 1. The largest absolute Gasteiger partial charge is 0.118 e. The van der Waals surface area contributed by atoms with Crippen molar-refractivity contribution in [3.63, 3.8) is 0 Å². The van der Waals surface area contributed by atoms with E-state index in [1.807, 2.05) is 0 Å². The van der Waals surface area contributed by atoms with Crippen LogP contribution in [0.4, 0.5) is 0 Å². The van der Waals surface area contributed by atoms with Crippen LogP contribution >= 0.6 is 15.8 Å². The van der Waals surface area contributed by atoms with Gasteiger partial charge in [0.1, 0.15) is 0 Å². The van der Waals surface area contributed by atoms with Crippen LogP contribution in [0.25, 0.3) is 0 Å². The van der Waals surface area contributed by atoms with Gasteiger partial charge in [-0.05, 0) is 68.4 Å². The lowest BCUT2D eigenvalue weighted by molar-refractivity contribution is 0.615. The molecule has 1 aromatic rings. The van der Waals surface area contributed by atoms with Gasteiger partial charge in [0.2, 0.25) is 0 Å². The number of hydrogen-bond donors (Lipinski definition) is 0. The van der Waals surface area contributed by atoms with E-state index in [-0.39, 0.29) is 0 Å². The molecule has 1 rings (SSSR count). The lowest BCUT2D eigenvalue weighted by Gasteiger charge is -2.29. The van der Waals surface area contributed by atoms with Crippen molar-refractivity contribution in [2.45, 2.75) is 168 Å². The number of hydrogen-bond acceptors (Lipinski definition) is 0. The third-order valence-corrected chi connectivity index (χ3v) is 14.7. The highest BCUT2D eigenvalue weighted by molar-refractivity contribution is 7.75. The molecule has 0 N–H and O–H groups in total. The zero-order chi connectivity index (χ0) is 27.6. The van der Waals surface area contributed by atoms with Gasteiger partial charge in [-0.25, -0.2) is 0 Å². The molecule has 0 heterocycles. The van der Waals surface area contributed by atoms with Gasteiger partial charge in [-0.1, -0.05) is 135 Å². The molecule has 0 bridgehead atoms. The molecule has 1 unspecified atom stereocenters. The summed E-state index contributed by atoms with van der Waals surface area (Å²) in [6.45, 7) is 9.34. The van der Waals surface area contributed by atoms with Gasteiger partial charge in [0.25, 0.3) is 0 Å². The third kappa shape index (κ3) is 19.2. The molecule has 0 saturated carbocycles. The molecule has 0 aliphatic heterocycles. The molecule has 0 aliphatic rings. The summed E-state index contributed by atoms with van der Waals surface area (Å²) in [7, 11) is 0.179. The first-order valence-corrected chi connectivity index (χ1v) is 21.3. The SMILES string of the molecule is CCCCCCCC[P+](CCCCCCCC)(CCCCCCCC)Cc1ccc(CPCCCC)cc1. The normalized spacial score (nSPS) is 12.2. The Hall–Kier alpha value is 0.0800. The minimum atomic E-state index is -0.928. The van der Waals surface area contributed by atoms with E-state index in [1.165, 1.54) is 147 Å². The second kappa shape index (κ2) is 26.0. The van der Waals surface area contributed by atoms with Crippen molar-refractivity contribution in [3.05, 3.63) is 35.4 Å². The summed E-state index contributed by atoms with van der Waals surface area (Å²) in [5, 5.41) is 0. The summed E-state index contributed by atoms with van der Waals surface area (Å²) >= 11 is 0. The molecule has 38 heavy (non-hydrogen) atoms. The number of rotatable bonds is 28. The zero-order valence-electron chi connectivity index (χ0n) is 26.6. The Labute approximate surface area is 243 Å². The number of unbranched alkanes of at least 4 members (excludes halogenated alkanes) is 16. The fourth-order valence-electron chi connectivity index (χ4n) is 5.94. The Morgan fingerprint density at radius 3 is 1.24 bits per heavy atom. The highest BCUT2D eigenvalue weighted by Gasteiger charge is 2.36. The van der Waals surface area contributed by atoms with Gasteiger partial charge in [-0.15, -0.1) is 8.58 Å². The standard InChI is InChI=1S/C36H69P2/c1-5-9-13-16-19-22-30-38(31-23-20-17-14-10-6-2,32-24-21-18-15-11-7-3)34-36-27-25-35(26-28-36)33-37-29-12-8-4/h25-28,37H,5-24,29-34H2,1-4H3/q+1. The van der Waals surface area contributed by atoms with Gasteiger partial charge >= 0.3 is 0 Å². The average Bonchev–Trinajstić information content (AvgIpc) is 2.93. The topological polar surface area (TPSA) is 0 Å². The smallest absolute Gasteiger partial charge is 0.0842 e. The molecule has 2 heteroatoms. The van der Waals surface area contributed by atoms with E-state index in [0.717, 1.165) is 8.58 Å². The van der Waals surface area contributed by atoms with Crippen LogP contribution in [0.5, 0.6) is 0 Å². The van der Waals surface area contributed by atoms with E-state index in [4.69, 9.17) is 0 Å². The second-order valence-electron chi connectivity index (χ2n) is 12.3. The molecule has 0 nitrogen and oxygen atoms in total. The van der Waals surface area contributed by atoms with Crippen LogP contribution in [0.3, 0.4) is 0 Å². The fraction of sp³-hybridized carbons (Fsp3) is 0.833. The van der Waals surface area contributed by atoms with Gasteiger partial charge in [0, 0.05) is 7.26 Å². The van der Waals surface area contributed by atoms with Gasteiger partial charge in [0.15, 0.2) is 0 Å². The van der Waals surface area contributed by atoms with Crippen molar-refractivity contribution in [2.75, 3.05) is 24.6 Å². The van der Waals surface area contributed by atoms with Crippen LogP contribution in [-0.4, -0.2) is 24.6 Å². The molecular formula is C36H69P2+. The summed E-state index contributed by atoms with van der Waals surface area (Å²) in [4.78, 5) is 0. The highest BCUT2D eigenvalue weighted by Crippen LogP contribution is 2.63. The van der Waals surface area contributed by atoms with Crippen LogP contribution in [0.15, 0.2) is 24.3 Å². The quantitative estimate of drug-likeness (QED) is 0.0702. The molecule has 0 saturated heterocycles. The summed E-state index contributed by atoms with van der Waals surface area (Å²) in [5.74, 6) is 0. The predicted octanol–water partition coefficient (Wildman–Crippen LogP) is 13.3. The van der Waals surface area contributed by atoms with Crippen LogP contribution in [0.1, 0.15) is 167 Å². The Kier molecular flexibility index (Phi) is 24.7. The Morgan fingerprint density at radius 2 is 0.816 bits per heavy atom.